The third-order valence-electron chi connectivity index (χ3n) is 1.71. The van der Waals surface area contributed by atoms with Gasteiger partial charge in [-0.1, -0.05) is 25.9 Å². The Morgan fingerprint density at radius 3 is 2.57 bits per heavy atom. The van der Waals surface area contributed by atoms with Gasteiger partial charge < -0.3 is 4.74 Å². The molecule has 0 aliphatic rings. The molecule has 80 valence electrons. The Kier molecular flexibility index (Phi) is 5.92. The number of ketones is 1. The van der Waals surface area contributed by atoms with Crippen molar-refractivity contribution in [2.45, 2.75) is 27.2 Å². The molecule has 0 aromatic heterocycles. The highest BCUT2D eigenvalue weighted by Crippen LogP contribution is 2.16. The Bertz CT molecular complexity index is 227. The van der Waals surface area contributed by atoms with E-state index in [1.54, 1.807) is 0 Å². The molecule has 0 rings (SSSR count). The predicted octanol–water partition coefficient (Wildman–Crippen LogP) is 2.32. The molecule has 0 atom stereocenters. The Morgan fingerprint density at radius 1 is 1.43 bits per heavy atom. The topological polar surface area (TPSA) is 75.1 Å². The standard InChI is InChI=1S/C9H17N3O2/c1-9(2,3)8(13)4-6-14-7-5-11-12-10/h4-7H2,1-3H3. The second kappa shape index (κ2) is 6.40. The van der Waals surface area contributed by atoms with Crippen LogP contribution in [0.15, 0.2) is 5.11 Å². The summed E-state index contributed by atoms with van der Waals surface area (Å²) in [6.07, 6.45) is 0.416. The van der Waals surface area contributed by atoms with Crippen molar-refractivity contribution in [3.63, 3.8) is 0 Å². The van der Waals surface area contributed by atoms with E-state index in [0.29, 0.717) is 26.2 Å². The van der Waals surface area contributed by atoms with Crippen LogP contribution < -0.4 is 0 Å². The van der Waals surface area contributed by atoms with Crippen LogP contribution in [0.4, 0.5) is 0 Å². The first-order valence-corrected chi connectivity index (χ1v) is 4.60. The number of carbonyl (C=O) groups is 1. The van der Waals surface area contributed by atoms with Crippen LogP contribution in [-0.4, -0.2) is 25.5 Å². The van der Waals surface area contributed by atoms with E-state index in [0.717, 1.165) is 0 Å². The van der Waals surface area contributed by atoms with Crippen molar-refractivity contribution >= 4 is 5.78 Å². The fraction of sp³-hybridized carbons (Fsp3) is 0.889. The van der Waals surface area contributed by atoms with Crippen molar-refractivity contribution < 1.29 is 9.53 Å². The molecule has 5 nitrogen and oxygen atoms in total. The summed E-state index contributed by atoms with van der Waals surface area (Å²) in [4.78, 5) is 14.0. The smallest absolute Gasteiger partial charge is 0.140 e. The van der Waals surface area contributed by atoms with E-state index in [9.17, 15) is 4.79 Å². The first-order chi connectivity index (χ1) is 6.48. The summed E-state index contributed by atoms with van der Waals surface area (Å²) < 4.78 is 5.12. The van der Waals surface area contributed by atoms with Gasteiger partial charge in [-0.3, -0.25) is 4.79 Å². The number of carbonyl (C=O) groups excluding carboxylic acids is 1. The van der Waals surface area contributed by atoms with Crippen LogP contribution in [0.2, 0.25) is 0 Å². The molecule has 5 heteroatoms. The van der Waals surface area contributed by atoms with E-state index < -0.39 is 0 Å². The Balaban J connectivity index is 3.46. The first-order valence-electron chi connectivity index (χ1n) is 4.60. The van der Waals surface area contributed by atoms with Crippen molar-refractivity contribution in [1.29, 1.82) is 0 Å². The lowest BCUT2D eigenvalue weighted by Gasteiger charge is -2.15. The van der Waals surface area contributed by atoms with Gasteiger partial charge in [-0.15, -0.1) is 0 Å². The summed E-state index contributed by atoms with van der Waals surface area (Å²) in [6.45, 7) is 6.75. The van der Waals surface area contributed by atoms with Crippen molar-refractivity contribution in [3.05, 3.63) is 10.4 Å². The summed E-state index contributed by atoms with van der Waals surface area (Å²) in [5.41, 5.74) is 7.67. The maximum absolute atomic E-state index is 11.4. The Hall–Kier alpha value is -1.06. The van der Waals surface area contributed by atoms with Crippen LogP contribution in [0, 0.1) is 5.41 Å². The molecule has 0 saturated carbocycles. The van der Waals surface area contributed by atoms with Crippen molar-refractivity contribution in [2.24, 2.45) is 10.5 Å². The van der Waals surface area contributed by atoms with Gasteiger partial charge in [0.05, 0.1) is 13.2 Å². The largest absolute Gasteiger partial charge is 0.381 e. The monoisotopic (exact) mass is 199 g/mol. The lowest BCUT2D eigenvalue weighted by molar-refractivity contribution is -0.127. The molecule has 0 radical (unpaired) electrons. The van der Waals surface area contributed by atoms with Crippen LogP contribution in [0.5, 0.6) is 0 Å². The number of hydrogen-bond donors (Lipinski definition) is 0. The van der Waals surface area contributed by atoms with Gasteiger partial charge in [-0.25, -0.2) is 0 Å². The Labute approximate surface area is 84.1 Å². The molecule has 0 unspecified atom stereocenters. The van der Waals surface area contributed by atoms with Gasteiger partial charge in [0.1, 0.15) is 5.78 Å². The SMILES string of the molecule is CC(C)(C)C(=O)CCOCCN=[N+]=[N-]. The minimum atomic E-state index is -0.297. The van der Waals surface area contributed by atoms with E-state index in [1.807, 2.05) is 20.8 Å². The molecule has 0 amide bonds. The highest BCUT2D eigenvalue weighted by atomic mass is 16.5. The zero-order valence-corrected chi connectivity index (χ0v) is 8.99. The van der Waals surface area contributed by atoms with Crippen LogP contribution in [0.3, 0.4) is 0 Å². The zero-order chi connectivity index (χ0) is 11.0. The number of rotatable bonds is 6. The summed E-state index contributed by atoms with van der Waals surface area (Å²) >= 11 is 0. The van der Waals surface area contributed by atoms with Crippen LogP contribution in [-0.2, 0) is 9.53 Å². The molecule has 0 heterocycles. The van der Waals surface area contributed by atoms with Crippen molar-refractivity contribution in [2.75, 3.05) is 19.8 Å². The van der Waals surface area contributed by atoms with Crippen LogP contribution in [0.1, 0.15) is 27.2 Å². The zero-order valence-electron chi connectivity index (χ0n) is 8.99. The molecule has 14 heavy (non-hydrogen) atoms. The first kappa shape index (κ1) is 12.9. The second-order valence-corrected chi connectivity index (χ2v) is 3.99. The molecule has 0 N–H and O–H groups in total. The number of nitrogens with zero attached hydrogens (tertiary/aromatic N) is 3. The summed E-state index contributed by atoms with van der Waals surface area (Å²) in [6, 6.07) is 0. The highest BCUT2D eigenvalue weighted by Gasteiger charge is 2.20. The van der Waals surface area contributed by atoms with E-state index >= 15 is 0 Å². The van der Waals surface area contributed by atoms with Gasteiger partial charge in [0.2, 0.25) is 0 Å². The van der Waals surface area contributed by atoms with Gasteiger partial charge in [0.15, 0.2) is 0 Å². The van der Waals surface area contributed by atoms with Crippen LogP contribution >= 0.6 is 0 Å². The maximum Gasteiger partial charge on any atom is 0.140 e. The number of ether oxygens (including phenoxy) is 1. The molecule has 0 aromatic rings. The van der Waals surface area contributed by atoms with Crippen LogP contribution in [0.25, 0.3) is 10.4 Å². The maximum atomic E-state index is 11.4. The fourth-order valence-corrected chi connectivity index (χ4v) is 0.792. The summed E-state index contributed by atoms with van der Waals surface area (Å²) in [5.74, 6) is 0.182. The third kappa shape index (κ3) is 6.46. The lowest BCUT2D eigenvalue weighted by Crippen LogP contribution is -2.21. The number of Topliss-reactive ketones (excluding diaryl/α,β-unsaturated/α-hetero) is 1. The third-order valence-corrected chi connectivity index (χ3v) is 1.71. The highest BCUT2D eigenvalue weighted by molar-refractivity contribution is 5.83. The van der Waals surface area contributed by atoms with Gasteiger partial charge in [0, 0.05) is 23.3 Å². The molecule has 0 aliphatic heterocycles. The van der Waals surface area contributed by atoms with Crippen molar-refractivity contribution in [1.82, 2.24) is 0 Å². The molecule has 0 aliphatic carbocycles. The molecular formula is C9H17N3O2. The summed E-state index contributed by atoms with van der Waals surface area (Å²) in [7, 11) is 0. The quantitative estimate of drug-likeness (QED) is 0.285. The minimum Gasteiger partial charge on any atom is -0.381 e. The predicted molar refractivity (Wildman–Crippen MR) is 53.9 cm³/mol. The van der Waals surface area contributed by atoms with Gasteiger partial charge >= 0.3 is 0 Å². The Morgan fingerprint density at radius 2 is 2.07 bits per heavy atom. The fourth-order valence-electron chi connectivity index (χ4n) is 0.792. The normalized spacial score (nSPS) is 10.8. The van der Waals surface area contributed by atoms with E-state index in [4.69, 9.17) is 10.3 Å². The molecule has 0 bridgehead atoms. The van der Waals surface area contributed by atoms with Crippen molar-refractivity contribution in [3.8, 4) is 0 Å². The van der Waals surface area contributed by atoms with Gasteiger partial charge in [-0.05, 0) is 5.53 Å². The second-order valence-electron chi connectivity index (χ2n) is 3.99. The molecule has 0 spiro atoms. The molecule has 0 aromatic carbocycles. The number of hydrogen-bond acceptors (Lipinski definition) is 3. The molecular weight excluding hydrogens is 182 g/mol. The van der Waals surface area contributed by atoms with E-state index in [2.05, 4.69) is 10.0 Å². The average molecular weight is 199 g/mol. The van der Waals surface area contributed by atoms with E-state index in [-0.39, 0.29) is 11.2 Å². The minimum absolute atomic E-state index is 0.182. The van der Waals surface area contributed by atoms with Gasteiger partial charge in [-0.2, -0.15) is 0 Å². The van der Waals surface area contributed by atoms with E-state index in [1.165, 1.54) is 0 Å². The molecule has 0 fully saturated rings. The summed E-state index contributed by atoms with van der Waals surface area (Å²) in [5, 5.41) is 3.31. The number of azide groups is 1. The average Bonchev–Trinajstić information content (AvgIpc) is 2.09. The van der Waals surface area contributed by atoms with Gasteiger partial charge in [0.25, 0.3) is 0 Å². The molecule has 0 saturated heterocycles. The lowest BCUT2D eigenvalue weighted by atomic mass is 9.89.